The third-order valence-electron chi connectivity index (χ3n) is 1.30. The molecule has 0 atom stereocenters. The first-order valence-corrected chi connectivity index (χ1v) is 4.05. The second kappa shape index (κ2) is 2.90. The summed E-state index contributed by atoms with van der Waals surface area (Å²) in [5, 5.41) is 0. The molecule has 1 heteroatoms. The molecule has 1 heterocycles. The summed E-state index contributed by atoms with van der Waals surface area (Å²) in [5.74, 6) is 5.95. The van der Waals surface area contributed by atoms with Crippen LogP contribution in [0.2, 0.25) is 0 Å². The van der Waals surface area contributed by atoms with E-state index in [2.05, 4.69) is 31.8 Å². The number of rotatable bonds is 0. The van der Waals surface area contributed by atoms with E-state index >= 15 is 0 Å². The molecule has 0 unspecified atom stereocenters. The molecule has 52 valence electrons. The summed E-state index contributed by atoms with van der Waals surface area (Å²) in [4.78, 5) is 2.67. The Bertz CT molecular complexity index is 283. The summed E-state index contributed by atoms with van der Waals surface area (Å²) in [7, 11) is 0. The van der Waals surface area contributed by atoms with Gasteiger partial charge >= 0.3 is 0 Å². The van der Waals surface area contributed by atoms with Crippen molar-refractivity contribution in [1.82, 2.24) is 0 Å². The van der Waals surface area contributed by atoms with Crippen molar-refractivity contribution in [2.45, 2.75) is 20.8 Å². The van der Waals surface area contributed by atoms with Crippen LogP contribution in [-0.4, -0.2) is 0 Å². The first kappa shape index (κ1) is 7.37. The number of aryl methyl sites for hydroxylation is 2. The summed E-state index contributed by atoms with van der Waals surface area (Å²) in [6.45, 7) is 6.09. The highest BCUT2D eigenvalue weighted by molar-refractivity contribution is 7.12. The summed E-state index contributed by atoms with van der Waals surface area (Å²) < 4.78 is 0. The van der Waals surface area contributed by atoms with Gasteiger partial charge in [0, 0.05) is 15.3 Å². The molecule has 0 fully saturated rings. The van der Waals surface area contributed by atoms with E-state index in [4.69, 9.17) is 0 Å². The Balaban J connectivity index is 3.11. The van der Waals surface area contributed by atoms with E-state index in [1.165, 1.54) is 15.3 Å². The third kappa shape index (κ3) is 1.40. The van der Waals surface area contributed by atoms with E-state index in [-0.39, 0.29) is 0 Å². The Morgan fingerprint density at radius 2 is 2.10 bits per heavy atom. The average molecular weight is 150 g/mol. The first-order chi connectivity index (χ1) is 4.74. The molecule has 0 radical (unpaired) electrons. The van der Waals surface area contributed by atoms with Crippen molar-refractivity contribution in [3.05, 3.63) is 21.4 Å². The highest BCUT2D eigenvalue weighted by Gasteiger charge is 1.97. The fourth-order valence-electron chi connectivity index (χ4n) is 0.890. The summed E-state index contributed by atoms with van der Waals surface area (Å²) in [5.41, 5.74) is 1.19. The van der Waals surface area contributed by atoms with Gasteiger partial charge < -0.3 is 0 Å². The molecule has 0 bridgehead atoms. The number of hydrogen-bond acceptors (Lipinski definition) is 1. The zero-order chi connectivity index (χ0) is 7.56. The molecule has 0 aromatic carbocycles. The Morgan fingerprint density at radius 1 is 1.40 bits per heavy atom. The van der Waals surface area contributed by atoms with Gasteiger partial charge in [0.1, 0.15) is 0 Å². The first-order valence-electron chi connectivity index (χ1n) is 3.24. The molecule has 10 heavy (non-hydrogen) atoms. The maximum absolute atomic E-state index is 3.06. The van der Waals surface area contributed by atoms with Gasteiger partial charge in [-0.1, -0.05) is 5.92 Å². The lowest BCUT2D eigenvalue weighted by Crippen LogP contribution is -1.67. The SMILES string of the molecule is CC#Cc1cc(C)sc1C. The second-order valence-corrected chi connectivity index (χ2v) is 3.66. The van der Waals surface area contributed by atoms with Crippen LogP contribution in [0.15, 0.2) is 6.07 Å². The maximum atomic E-state index is 3.06. The maximum Gasteiger partial charge on any atom is 0.0384 e. The van der Waals surface area contributed by atoms with Gasteiger partial charge in [0.05, 0.1) is 0 Å². The molecule has 0 spiro atoms. The monoisotopic (exact) mass is 150 g/mol. The van der Waals surface area contributed by atoms with Gasteiger partial charge in [0.15, 0.2) is 0 Å². The minimum atomic E-state index is 1.19. The van der Waals surface area contributed by atoms with Crippen LogP contribution in [0.4, 0.5) is 0 Å². The van der Waals surface area contributed by atoms with Crippen LogP contribution >= 0.6 is 11.3 Å². The van der Waals surface area contributed by atoms with Gasteiger partial charge in [-0.05, 0) is 26.8 Å². The molecule has 0 aliphatic heterocycles. The van der Waals surface area contributed by atoms with Crippen LogP contribution < -0.4 is 0 Å². The Morgan fingerprint density at radius 3 is 2.50 bits per heavy atom. The van der Waals surface area contributed by atoms with Crippen molar-refractivity contribution in [2.24, 2.45) is 0 Å². The van der Waals surface area contributed by atoms with E-state index in [1.54, 1.807) is 11.3 Å². The van der Waals surface area contributed by atoms with Gasteiger partial charge in [0.25, 0.3) is 0 Å². The second-order valence-electron chi connectivity index (χ2n) is 2.20. The van der Waals surface area contributed by atoms with Crippen LogP contribution in [0.5, 0.6) is 0 Å². The standard InChI is InChI=1S/C9H10S/c1-4-5-9-6-7(2)10-8(9)3/h6H,1-3H3. The van der Waals surface area contributed by atoms with E-state index in [0.29, 0.717) is 0 Å². The highest BCUT2D eigenvalue weighted by Crippen LogP contribution is 2.19. The predicted octanol–water partition coefficient (Wildman–Crippen LogP) is 2.74. The topological polar surface area (TPSA) is 0 Å². The molecule has 0 amide bonds. The van der Waals surface area contributed by atoms with Crippen molar-refractivity contribution in [2.75, 3.05) is 0 Å². The van der Waals surface area contributed by atoms with Gasteiger partial charge in [-0.2, -0.15) is 0 Å². The zero-order valence-corrected chi connectivity index (χ0v) is 7.30. The largest absolute Gasteiger partial charge is 0.145 e. The van der Waals surface area contributed by atoms with Crippen LogP contribution in [0.3, 0.4) is 0 Å². The molecule has 0 N–H and O–H groups in total. The Hall–Kier alpha value is -0.740. The lowest BCUT2D eigenvalue weighted by molar-refractivity contribution is 1.56. The number of hydrogen-bond donors (Lipinski definition) is 0. The summed E-state index contributed by atoms with van der Waals surface area (Å²) in [6, 6.07) is 2.14. The zero-order valence-electron chi connectivity index (χ0n) is 6.49. The van der Waals surface area contributed by atoms with Crippen molar-refractivity contribution in [3.63, 3.8) is 0 Å². The molecule has 0 saturated heterocycles. The fraction of sp³-hybridized carbons (Fsp3) is 0.333. The van der Waals surface area contributed by atoms with Gasteiger partial charge in [-0.25, -0.2) is 0 Å². The normalized spacial score (nSPS) is 8.70. The molecule has 0 aliphatic rings. The van der Waals surface area contributed by atoms with Gasteiger partial charge in [0.2, 0.25) is 0 Å². The molecule has 1 rings (SSSR count). The van der Waals surface area contributed by atoms with Crippen LogP contribution in [0, 0.1) is 25.7 Å². The lowest BCUT2D eigenvalue weighted by atomic mass is 10.2. The minimum absolute atomic E-state index is 1.19. The van der Waals surface area contributed by atoms with Crippen LogP contribution in [-0.2, 0) is 0 Å². The molecular formula is C9H10S. The van der Waals surface area contributed by atoms with Crippen molar-refractivity contribution in [1.29, 1.82) is 0 Å². The quantitative estimate of drug-likeness (QED) is 0.499. The van der Waals surface area contributed by atoms with Crippen molar-refractivity contribution in [3.8, 4) is 11.8 Å². The predicted molar refractivity (Wildman–Crippen MR) is 46.3 cm³/mol. The van der Waals surface area contributed by atoms with E-state index in [0.717, 1.165) is 0 Å². The summed E-state index contributed by atoms with van der Waals surface area (Å²) in [6.07, 6.45) is 0. The Kier molecular flexibility index (Phi) is 2.13. The third-order valence-corrected chi connectivity index (χ3v) is 2.27. The van der Waals surface area contributed by atoms with Crippen molar-refractivity contribution >= 4 is 11.3 Å². The van der Waals surface area contributed by atoms with Gasteiger partial charge in [-0.15, -0.1) is 17.3 Å². The minimum Gasteiger partial charge on any atom is -0.145 e. The van der Waals surface area contributed by atoms with E-state index < -0.39 is 0 Å². The molecular weight excluding hydrogens is 140 g/mol. The van der Waals surface area contributed by atoms with Crippen LogP contribution in [0.1, 0.15) is 22.2 Å². The van der Waals surface area contributed by atoms with Crippen molar-refractivity contribution < 1.29 is 0 Å². The summed E-state index contributed by atoms with van der Waals surface area (Å²) >= 11 is 1.81. The van der Waals surface area contributed by atoms with Crippen LogP contribution in [0.25, 0.3) is 0 Å². The fourth-order valence-corrected chi connectivity index (χ4v) is 1.77. The number of thiophene rings is 1. The molecule has 1 aromatic rings. The van der Waals surface area contributed by atoms with E-state index in [1.807, 2.05) is 6.92 Å². The average Bonchev–Trinajstić information content (AvgIpc) is 2.13. The molecule has 0 aliphatic carbocycles. The molecule has 0 nitrogen and oxygen atoms in total. The lowest BCUT2D eigenvalue weighted by Gasteiger charge is -1.80. The van der Waals surface area contributed by atoms with Gasteiger partial charge in [-0.3, -0.25) is 0 Å². The Labute approximate surface area is 65.9 Å². The smallest absolute Gasteiger partial charge is 0.0384 e. The highest BCUT2D eigenvalue weighted by atomic mass is 32.1. The molecule has 0 saturated carbocycles. The molecule has 1 aromatic heterocycles. The van der Waals surface area contributed by atoms with E-state index in [9.17, 15) is 0 Å².